The van der Waals surface area contributed by atoms with E-state index in [9.17, 15) is 4.79 Å². The van der Waals surface area contributed by atoms with Crippen molar-refractivity contribution in [1.29, 1.82) is 0 Å². The topological polar surface area (TPSA) is 53.8 Å². The van der Waals surface area contributed by atoms with Gasteiger partial charge in [-0.25, -0.2) is 4.99 Å². The summed E-state index contributed by atoms with van der Waals surface area (Å²) in [5.41, 5.74) is 4.83. The number of aliphatic imine (C=N–C) groups is 2. The number of nitrogens with zero attached hydrogens (tertiary/aromatic N) is 2. The number of rotatable bonds is 4. The molecule has 1 N–H and O–H groups in total. The van der Waals surface area contributed by atoms with Crippen molar-refractivity contribution in [3.8, 4) is 0 Å². The third-order valence-corrected chi connectivity index (χ3v) is 7.45. The molecule has 2 aromatic carbocycles. The molecule has 30 heavy (non-hydrogen) atoms. The van der Waals surface area contributed by atoms with Crippen LogP contribution in [-0.2, 0) is 4.79 Å². The summed E-state index contributed by atoms with van der Waals surface area (Å²) in [6.45, 7) is 4.09. The Hall–Kier alpha value is -1.92. The zero-order valence-electron chi connectivity index (χ0n) is 17.4. The monoisotopic (exact) mass is 483 g/mol. The summed E-state index contributed by atoms with van der Waals surface area (Å²) in [7, 11) is 0. The number of thioether (sulfide) groups is 1. The van der Waals surface area contributed by atoms with E-state index < -0.39 is 0 Å². The molecule has 1 aliphatic heterocycles. The van der Waals surface area contributed by atoms with E-state index in [4.69, 9.17) is 9.98 Å². The van der Waals surface area contributed by atoms with Crippen molar-refractivity contribution in [2.24, 2.45) is 9.98 Å². The van der Waals surface area contributed by atoms with E-state index in [1.165, 1.54) is 23.7 Å². The van der Waals surface area contributed by atoms with Gasteiger partial charge in [-0.2, -0.15) is 0 Å². The predicted molar refractivity (Wildman–Crippen MR) is 131 cm³/mol. The second-order valence-electron chi connectivity index (χ2n) is 8.09. The highest BCUT2D eigenvalue weighted by atomic mass is 79.9. The van der Waals surface area contributed by atoms with Gasteiger partial charge < -0.3 is 5.32 Å². The van der Waals surface area contributed by atoms with Gasteiger partial charge in [-0.3, -0.25) is 9.79 Å². The van der Waals surface area contributed by atoms with Crippen molar-refractivity contribution in [1.82, 2.24) is 0 Å². The largest absolute Gasteiger partial charge is 0.325 e. The molecular weight excluding hydrogens is 458 g/mol. The number of carbonyl (C=O) groups is 1. The number of nitrogens with one attached hydrogen (secondary N) is 1. The summed E-state index contributed by atoms with van der Waals surface area (Å²) in [5, 5.41) is 3.88. The number of anilines is 1. The van der Waals surface area contributed by atoms with Crippen molar-refractivity contribution in [3.63, 3.8) is 0 Å². The number of halogens is 1. The van der Waals surface area contributed by atoms with Gasteiger partial charge in [0.15, 0.2) is 5.66 Å². The summed E-state index contributed by atoms with van der Waals surface area (Å²) < 4.78 is 1.03. The van der Waals surface area contributed by atoms with Crippen molar-refractivity contribution < 1.29 is 4.79 Å². The average Bonchev–Trinajstić information content (AvgIpc) is 3.08. The van der Waals surface area contributed by atoms with Crippen LogP contribution < -0.4 is 5.32 Å². The molecule has 0 unspecified atom stereocenters. The molecule has 0 bridgehead atoms. The van der Waals surface area contributed by atoms with Gasteiger partial charge in [-0.05, 0) is 63.3 Å². The maximum absolute atomic E-state index is 12.6. The average molecular weight is 484 g/mol. The van der Waals surface area contributed by atoms with Crippen LogP contribution in [0.2, 0.25) is 0 Å². The highest BCUT2D eigenvalue weighted by molar-refractivity contribution is 9.10. The molecule has 156 valence electrons. The van der Waals surface area contributed by atoms with Gasteiger partial charge in [-0.1, -0.05) is 63.9 Å². The van der Waals surface area contributed by atoms with Crippen LogP contribution in [0.25, 0.3) is 0 Å². The van der Waals surface area contributed by atoms with Crippen LogP contribution in [0.3, 0.4) is 0 Å². The van der Waals surface area contributed by atoms with E-state index in [0.29, 0.717) is 5.75 Å². The van der Waals surface area contributed by atoms with Gasteiger partial charge in [0.2, 0.25) is 5.91 Å². The molecule has 0 radical (unpaired) electrons. The Kier molecular flexibility index (Phi) is 6.44. The molecule has 1 spiro atoms. The van der Waals surface area contributed by atoms with Crippen LogP contribution in [0.15, 0.2) is 56.9 Å². The number of amides is 1. The normalized spacial score (nSPS) is 17.6. The minimum Gasteiger partial charge on any atom is -0.325 e. The fourth-order valence-electron chi connectivity index (χ4n) is 3.92. The molecule has 0 atom stereocenters. The molecule has 1 fully saturated rings. The van der Waals surface area contributed by atoms with Crippen molar-refractivity contribution in [3.05, 3.63) is 63.6 Å². The van der Waals surface area contributed by atoms with Crippen LogP contribution in [0, 0.1) is 13.8 Å². The Morgan fingerprint density at radius 3 is 2.50 bits per heavy atom. The first-order chi connectivity index (χ1) is 14.4. The van der Waals surface area contributed by atoms with E-state index >= 15 is 0 Å². The number of carbonyl (C=O) groups excluding carboxylic acids is 1. The number of hydrogen-bond acceptors (Lipinski definition) is 4. The van der Waals surface area contributed by atoms with Crippen molar-refractivity contribution >= 4 is 50.0 Å². The number of benzene rings is 2. The van der Waals surface area contributed by atoms with Gasteiger partial charge in [0.05, 0.1) is 11.5 Å². The second kappa shape index (κ2) is 9.06. The Labute approximate surface area is 190 Å². The maximum Gasteiger partial charge on any atom is 0.234 e. The van der Waals surface area contributed by atoms with Crippen LogP contribution in [0.4, 0.5) is 5.69 Å². The summed E-state index contributed by atoms with van der Waals surface area (Å²) >= 11 is 4.98. The molecule has 0 saturated heterocycles. The molecule has 6 heteroatoms. The molecular formula is C24H26BrN3OS. The summed E-state index contributed by atoms with van der Waals surface area (Å²) in [4.78, 5) is 22.7. The fraction of sp³-hybridized carbons (Fsp3) is 0.375. The Balaban J connectivity index is 1.49. The highest BCUT2D eigenvalue weighted by Gasteiger charge is 2.37. The number of hydrogen-bond donors (Lipinski definition) is 1. The van der Waals surface area contributed by atoms with Crippen molar-refractivity contribution in [2.75, 3.05) is 11.1 Å². The highest BCUT2D eigenvalue weighted by Crippen LogP contribution is 2.38. The molecule has 2 aliphatic rings. The summed E-state index contributed by atoms with van der Waals surface area (Å²) in [5.74, 6) is 0.284. The standard InChI is InChI=1S/C24H26BrN3OS/c1-16-6-8-18(9-7-16)22-23(28-24(27-22)12-4-3-5-13-24)30-15-21(29)26-19-10-11-20(25)17(2)14-19/h6-11,14H,3-5,12-13,15H2,1-2H3,(H,26,29). The minimum atomic E-state index is -0.319. The first-order valence-electron chi connectivity index (χ1n) is 10.4. The molecule has 1 saturated carbocycles. The smallest absolute Gasteiger partial charge is 0.234 e. The second-order valence-corrected chi connectivity index (χ2v) is 9.91. The third kappa shape index (κ3) is 4.86. The molecule has 1 heterocycles. The zero-order chi connectivity index (χ0) is 21.1. The third-order valence-electron chi connectivity index (χ3n) is 5.59. The van der Waals surface area contributed by atoms with Crippen LogP contribution in [0.5, 0.6) is 0 Å². The SMILES string of the molecule is Cc1ccc(C2=NC3(CCCCC3)N=C2SCC(=O)Nc2ccc(Br)c(C)c2)cc1. The lowest BCUT2D eigenvalue weighted by Crippen LogP contribution is -2.25. The van der Waals surface area contributed by atoms with Crippen LogP contribution >= 0.6 is 27.7 Å². The van der Waals surface area contributed by atoms with E-state index in [0.717, 1.165) is 57.7 Å². The summed E-state index contributed by atoms with van der Waals surface area (Å²) in [6, 6.07) is 14.3. The number of aryl methyl sites for hydroxylation is 2. The minimum absolute atomic E-state index is 0.0303. The van der Waals surface area contributed by atoms with E-state index in [1.54, 1.807) is 0 Å². The Bertz CT molecular complexity index is 1010. The lowest BCUT2D eigenvalue weighted by Gasteiger charge is -2.27. The molecule has 1 aliphatic carbocycles. The van der Waals surface area contributed by atoms with Gasteiger partial charge in [0, 0.05) is 15.7 Å². The van der Waals surface area contributed by atoms with Gasteiger partial charge in [0.1, 0.15) is 5.04 Å². The fourth-order valence-corrected chi connectivity index (χ4v) is 5.04. The molecule has 4 rings (SSSR count). The van der Waals surface area contributed by atoms with E-state index in [2.05, 4.69) is 52.4 Å². The Morgan fingerprint density at radius 1 is 1.07 bits per heavy atom. The quantitative estimate of drug-likeness (QED) is 0.554. The zero-order valence-corrected chi connectivity index (χ0v) is 19.8. The first-order valence-corrected chi connectivity index (χ1v) is 12.2. The van der Waals surface area contributed by atoms with Crippen molar-refractivity contribution in [2.45, 2.75) is 51.6 Å². The molecule has 1 amide bonds. The van der Waals surface area contributed by atoms with E-state index in [-0.39, 0.29) is 11.6 Å². The molecule has 2 aromatic rings. The van der Waals surface area contributed by atoms with Gasteiger partial charge in [-0.15, -0.1) is 0 Å². The predicted octanol–water partition coefficient (Wildman–Crippen LogP) is 6.30. The Morgan fingerprint density at radius 2 is 1.80 bits per heavy atom. The van der Waals surface area contributed by atoms with E-state index in [1.807, 2.05) is 25.1 Å². The molecule has 0 aromatic heterocycles. The van der Waals surface area contributed by atoms with Gasteiger partial charge >= 0.3 is 0 Å². The lowest BCUT2D eigenvalue weighted by atomic mass is 9.90. The lowest BCUT2D eigenvalue weighted by molar-refractivity contribution is -0.113. The van der Waals surface area contributed by atoms with Gasteiger partial charge in [0.25, 0.3) is 0 Å². The first kappa shape index (κ1) is 21.3. The summed E-state index contributed by atoms with van der Waals surface area (Å²) in [6.07, 6.45) is 5.57. The molecule has 4 nitrogen and oxygen atoms in total. The van der Waals surface area contributed by atoms with Crippen LogP contribution in [-0.4, -0.2) is 28.1 Å². The maximum atomic E-state index is 12.6. The van der Waals surface area contributed by atoms with Crippen LogP contribution in [0.1, 0.15) is 48.8 Å².